The number of nitrogens with zero attached hydrogens (tertiary/aromatic N) is 2. The number of halogens is 1. The molecule has 0 N–H and O–H groups in total. The van der Waals surface area contributed by atoms with Gasteiger partial charge < -0.3 is 4.74 Å². The van der Waals surface area contributed by atoms with Gasteiger partial charge in [0.25, 0.3) is 5.56 Å². The lowest BCUT2D eigenvalue weighted by atomic mass is 10.0. The molecule has 0 saturated heterocycles. The molecule has 25 heavy (non-hydrogen) atoms. The fraction of sp³-hybridized carbons (Fsp3) is 0.278. The Bertz CT molecular complexity index is 992. The van der Waals surface area contributed by atoms with Gasteiger partial charge in [0.15, 0.2) is 0 Å². The molecule has 0 spiro atoms. The first-order valence-corrected chi connectivity index (χ1v) is 9.47. The van der Waals surface area contributed by atoms with Crippen LogP contribution in [0.15, 0.2) is 39.9 Å². The molecular formula is C18H17BrN2O3S. The van der Waals surface area contributed by atoms with Gasteiger partial charge in [-0.25, -0.2) is 9.78 Å². The van der Waals surface area contributed by atoms with Crippen LogP contribution in [0.3, 0.4) is 0 Å². The number of esters is 1. The quantitative estimate of drug-likeness (QED) is 0.589. The number of aryl methyl sites for hydroxylation is 1. The molecule has 0 bridgehead atoms. The first kappa shape index (κ1) is 17.8. The second-order valence-electron chi connectivity index (χ2n) is 5.61. The number of benzene rings is 1. The monoisotopic (exact) mass is 420 g/mol. The molecule has 0 aliphatic carbocycles. The van der Waals surface area contributed by atoms with Gasteiger partial charge in [0.1, 0.15) is 10.9 Å². The Morgan fingerprint density at radius 3 is 2.68 bits per heavy atom. The highest BCUT2D eigenvalue weighted by molar-refractivity contribution is 9.10. The molecule has 0 fully saturated rings. The van der Waals surface area contributed by atoms with Gasteiger partial charge in [0.2, 0.25) is 0 Å². The van der Waals surface area contributed by atoms with E-state index in [1.54, 1.807) is 13.8 Å². The van der Waals surface area contributed by atoms with Crippen molar-refractivity contribution in [3.05, 3.63) is 50.3 Å². The number of rotatable bonds is 4. The molecule has 0 radical (unpaired) electrons. The summed E-state index contributed by atoms with van der Waals surface area (Å²) in [6.45, 7) is 5.63. The molecule has 3 aromatic rings. The van der Waals surface area contributed by atoms with Crippen molar-refractivity contribution in [2.75, 3.05) is 6.61 Å². The fourth-order valence-electron chi connectivity index (χ4n) is 2.73. The highest BCUT2D eigenvalue weighted by Crippen LogP contribution is 2.36. The third-order valence-corrected chi connectivity index (χ3v) is 5.53. The summed E-state index contributed by atoms with van der Waals surface area (Å²) in [5.41, 5.74) is 1.59. The predicted octanol–water partition coefficient (Wildman–Crippen LogP) is 4.32. The van der Waals surface area contributed by atoms with Gasteiger partial charge in [-0.1, -0.05) is 28.1 Å². The zero-order chi connectivity index (χ0) is 18.1. The van der Waals surface area contributed by atoms with E-state index in [2.05, 4.69) is 20.9 Å². The van der Waals surface area contributed by atoms with E-state index in [0.717, 1.165) is 20.5 Å². The molecule has 7 heteroatoms. The maximum atomic E-state index is 13.1. The standard InChI is InChI=1S/C18H17BrN2O3S/c1-4-24-18(23)10(2)21-9-20-16-15(17(21)22)14(11(3)25-16)12-5-7-13(19)8-6-12/h5-10H,4H2,1-3H3. The van der Waals surface area contributed by atoms with Gasteiger partial charge in [-0.2, -0.15) is 0 Å². The summed E-state index contributed by atoms with van der Waals surface area (Å²) in [5.74, 6) is -0.442. The van der Waals surface area contributed by atoms with Crippen LogP contribution in [0, 0.1) is 6.92 Å². The largest absolute Gasteiger partial charge is 0.464 e. The lowest BCUT2D eigenvalue weighted by molar-refractivity contribution is -0.146. The highest BCUT2D eigenvalue weighted by Gasteiger charge is 2.22. The minimum Gasteiger partial charge on any atom is -0.464 e. The summed E-state index contributed by atoms with van der Waals surface area (Å²) in [6.07, 6.45) is 1.42. The summed E-state index contributed by atoms with van der Waals surface area (Å²) in [5, 5.41) is 0.545. The number of carbonyl (C=O) groups excluding carboxylic acids is 1. The van der Waals surface area contributed by atoms with E-state index >= 15 is 0 Å². The van der Waals surface area contributed by atoms with Crippen LogP contribution in [0.2, 0.25) is 0 Å². The average Bonchev–Trinajstić information content (AvgIpc) is 2.92. The predicted molar refractivity (Wildman–Crippen MR) is 103 cm³/mol. The van der Waals surface area contributed by atoms with Gasteiger partial charge in [-0.3, -0.25) is 9.36 Å². The van der Waals surface area contributed by atoms with E-state index in [0.29, 0.717) is 10.2 Å². The third-order valence-electron chi connectivity index (χ3n) is 3.99. The second kappa shape index (κ2) is 7.09. The Labute approximate surface area is 157 Å². The Morgan fingerprint density at radius 1 is 1.36 bits per heavy atom. The zero-order valence-electron chi connectivity index (χ0n) is 14.1. The molecule has 2 aromatic heterocycles. The van der Waals surface area contributed by atoms with Crippen LogP contribution in [0.5, 0.6) is 0 Å². The topological polar surface area (TPSA) is 61.2 Å². The van der Waals surface area contributed by atoms with Crippen molar-refractivity contribution in [1.82, 2.24) is 9.55 Å². The molecular weight excluding hydrogens is 404 g/mol. The van der Waals surface area contributed by atoms with Crippen molar-refractivity contribution < 1.29 is 9.53 Å². The molecule has 1 atom stereocenters. The molecule has 3 rings (SSSR count). The second-order valence-corrected chi connectivity index (χ2v) is 7.72. The number of hydrogen-bond donors (Lipinski definition) is 0. The van der Waals surface area contributed by atoms with Crippen LogP contribution in [-0.4, -0.2) is 22.1 Å². The fourth-order valence-corrected chi connectivity index (χ4v) is 4.00. The van der Waals surface area contributed by atoms with E-state index in [-0.39, 0.29) is 12.2 Å². The van der Waals surface area contributed by atoms with E-state index in [9.17, 15) is 9.59 Å². The maximum absolute atomic E-state index is 13.1. The Kier molecular flexibility index (Phi) is 5.06. The smallest absolute Gasteiger partial charge is 0.328 e. The Balaban J connectivity index is 2.21. The van der Waals surface area contributed by atoms with E-state index in [1.807, 2.05) is 31.2 Å². The van der Waals surface area contributed by atoms with Crippen molar-refractivity contribution in [2.45, 2.75) is 26.8 Å². The Morgan fingerprint density at radius 2 is 2.04 bits per heavy atom. The summed E-state index contributed by atoms with van der Waals surface area (Å²) < 4.78 is 7.34. The van der Waals surface area contributed by atoms with Gasteiger partial charge in [-0.05, 0) is 38.5 Å². The normalized spacial score (nSPS) is 12.3. The Hall–Kier alpha value is -1.99. The van der Waals surface area contributed by atoms with Crippen LogP contribution >= 0.6 is 27.3 Å². The van der Waals surface area contributed by atoms with Gasteiger partial charge in [0, 0.05) is 14.9 Å². The highest BCUT2D eigenvalue weighted by atomic mass is 79.9. The van der Waals surface area contributed by atoms with E-state index in [1.165, 1.54) is 22.2 Å². The summed E-state index contributed by atoms with van der Waals surface area (Å²) >= 11 is 4.90. The molecule has 1 unspecified atom stereocenters. The van der Waals surface area contributed by atoms with Crippen molar-refractivity contribution in [1.29, 1.82) is 0 Å². The van der Waals surface area contributed by atoms with Crippen LogP contribution in [0.1, 0.15) is 24.8 Å². The number of ether oxygens (including phenoxy) is 1. The summed E-state index contributed by atoms with van der Waals surface area (Å²) in [6, 6.07) is 7.08. The first-order valence-electron chi connectivity index (χ1n) is 7.86. The van der Waals surface area contributed by atoms with Crippen LogP contribution in [0.4, 0.5) is 0 Å². The van der Waals surface area contributed by atoms with Crippen LogP contribution in [-0.2, 0) is 9.53 Å². The number of hydrogen-bond acceptors (Lipinski definition) is 5. The molecule has 0 aliphatic rings. The molecule has 0 amide bonds. The van der Waals surface area contributed by atoms with Crippen LogP contribution in [0.25, 0.3) is 21.3 Å². The molecule has 130 valence electrons. The van der Waals surface area contributed by atoms with Crippen molar-refractivity contribution in [2.24, 2.45) is 0 Å². The zero-order valence-corrected chi connectivity index (χ0v) is 16.5. The maximum Gasteiger partial charge on any atom is 0.328 e. The number of carbonyl (C=O) groups is 1. The number of aromatic nitrogens is 2. The minimum atomic E-state index is -0.720. The van der Waals surface area contributed by atoms with E-state index < -0.39 is 12.0 Å². The third kappa shape index (κ3) is 3.26. The lowest BCUT2D eigenvalue weighted by Gasteiger charge is -2.13. The molecule has 5 nitrogen and oxygen atoms in total. The van der Waals surface area contributed by atoms with Crippen molar-refractivity contribution in [3.63, 3.8) is 0 Å². The summed E-state index contributed by atoms with van der Waals surface area (Å²) in [4.78, 5) is 31.2. The van der Waals surface area contributed by atoms with Gasteiger partial charge >= 0.3 is 5.97 Å². The SMILES string of the molecule is CCOC(=O)C(C)n1cnc2sc(C)c(-c3ccc(Br)cc3)c2c1=O. The van der Waals surface area contributed by atoms with Crippen LogP contribution < -0.4 is 5.56 Å². The average molecular weight is 421 g/mol. The molecule has 1 aromatic carbocycles. The lowest BCUT2D eigenvalue weighted by Crippen LogP contribution is -2.29. The molecule has 2 heterocycles. The minimum absolute atomic E-state index is 0.229. The number of thiophene rings is 1. The van der Waals surface area contributed by atoms with Crippen molar-refractivity contribution >= 4 is 43.5 Å². The first-order chi connectivity index (χ1) is 11.9. The number of fused-ring (bicyclic) bond motifs is 1. The van der Waals surface area contributed by atoms with E-state index in [4.69, 9.17) is 4.74 Å². The summed E-state index contributed by atoms with van der Waals surface area (Å²) in [7, 11) is 0. The molecule has 0 aliphatic heterocycles. The van der Waals surface area contributed by atoms with Gasteiger partial charge in [0.05, 0.1) is 18.3 Å². The van der Waals surface area contributed by atoms with Crippen molar-refractivity contribution in [3.8, 4) is 11.1 Å². The molecule has 0 saturated carbocycles. The van der Waals surface area contributed by atoms with Gasteiger partial charge in [-0.15, -0.1) is 11.3 Å².